The molecule has 19 heavy (non-hydrogen) atoms. The molecule has 0 amide bonds. The summed E-state index contributed by atoms with van der Waals surface area (Å²) in [5.41, 5.74) is 3.82. The SMILES string of the molecule is Nc1ncc(Oc2ccc(C(F)(F)F)cc2)c(=O)[nH]1. The number of hydrogen-bond donors (Lipinski definition) is 2. The van der Waals surface area contributed by atoms with E-state index < -0.39 is 17.3 Å². The van der Waals surface area contributed by atoms with Crippen LogP contribution in [0.3, 0.4) is 0 Å². The molecule has 2 aromatic rings. The molecule has 2 rings (SSSR count). The number of H-pyrrole nitrogens is 1. The molecule has 0 bridgehead atoms. The van der Waals surface area contributed by atoms with Gasteiger partial charge in [0.05, 0.1) is 11.8 Å². The lowest BCUT2D eigenvalue weighted by Crippen LogP contribution is -2.12. The van der Waals surface area contributed by atoms with E-state index >= 15 is 0 Å². The first-order valence-corrected chi connectivity index (χ1v) is 5.06. The molecule has 1 heterocycles. The largest absolute Gasteiger partial charge is 0.450 e. The van der Waals surface area contributed by atoms with Gasteiger partial charge in [0.2, 0.25) is 5.75 Å². The van der Waals surface area contributed by atoms with Gasteiger partial charge in [-0.2, -0.15) is 13.2 Å². The number of rotatable bonds is 2. The van der Waals surface area contributed by atoms with Crippen LogP contribution in [0.4, 0.5) is 19.1 Å². The smallest absolute Gasteiger partial charge is 0.416 e. The maximum absolute atomic E-state index is 12.3. The number of ether oxygens (including phenoxy) is 1. The number of nitrogen functional groups attached to an aromatic ring is 1. The highest BCUT2D eigenvalue weighted by atomic mass is 19.4. The predicted molar refractivity (Wildman–Crippen MR) is 60.8 cm³/mol. The van der Waals surface area contributed by atoms with Gasteiger partial charge in [-0.25, -0.2) is 4.98 Å². The maximum atomic E-state index is 12.3. The third-order valence-corrected chi connectivity index (χ3v) is 2.20. The molecule has 0 aliphatic carbocycles. The molecule has 0 spiro atoms. The minimum atomic E-state index is -4.42. The molecule has 0 saturated carbocycles. The van der Waals surface area contributed by atoms with E-state index in [1.165, 1.54) is 0 Å². The van der Waals surface area contributed by atoms with Gasteiger partial charge in [-0.05, 0) is 24.3 Å². The highest BCUT2D eigenvalue weighted by Gasteiger charge is 2.30. The van der Waals surface area contributed by atoms with Gasteiger partial charge in [-0.3, -0.25) is 9.78 Å². The number of aromatic amines is 1. The molecule has 0 radical (unpaired) electrons. The van der Waals surface area contributed by atoms with E-state index in [0.29, 0.717) is 0 Å². The van der Waals surface area contributed by atoms with E-state index in [0.717, 1.165) is 30.5 Å². The predicted octanol–water partition coefficient (Wildman–Crippen LogP) is 2.16. The quantitative estimate of drug-likeness (QED) is 0.877. The molecule has 0 aliphatic rings. The number of nitrogens with one attached hydrogen (secondary N) is 1. The maximum Gasteiger partial charge on any atom is 0.416 e. The molecule has 3 N–H and O–H groups in total. The first-order valence-electron chi connectivity index (χ1n) is 5.06. The topological polar surface area (TPSA) is 81.0 Å². The normalized spacial score (nSPS) is 11.3. The Morgan fingerprint density at radius 1 is 1.21 bits per heavy atom. The van der Waals surface area contributed by atoms with Gasteiger partial charge >= 0.3 is 6.18 Å². The van der Waals surface area contributed by atoms with Crippen molar-refractivity contribution < 1.29 is 17.9 Å². The van der Waals surface area contributed by atoms with Crippen LogP contribution in [-0.2, 0) is 6.18 Å². The van der Waals surface area contributed by atoms with Crippen molar-refractivity contribution in [2.24, 2.45) is 0 Å². The summed E-state index contributed by atoms with van der Waals surface area (Å²) < 4.78 is 42.1. The van der Waals surface area contributed by atoms with Crippen molar-refractivity contribution in [2.75, 3.05) is 5.73 Å². The highest BCUT2D eigenvalue weighted by Crippen LogP contribution is 2.30. The Hall–Kier alpha value is -2.51. The van der Waals surface area contributed by atoms with E-state index in [4.69, 9.17) is 10.5 Å². The van der Waals surface area contributed by atoms with E-state index in [2.05, 4.69) is 9.97 Å². The van der Waals surface area contributed by atoms with Gasteiger partial charge < -0.3 is 10.5 Å². The summed E-state index contributed by atoms with van der Waals surface area (Å²) in [5, 5.41) is 0. The molecule has 100 valence electrons. The van der Waals surface area contributed by atoms with Gasteiger partial charge in [0.15, 0.2) is 5.95 Å². The van der Waals surface area contributed by atoms with Crippen LogP contribution in [0.15, 0.2) is 35.3 Å². The standard InChI is InChI=1S/C11H8F3N3O2/c12-11(13,14)6-1-3-7(4-2-6)19-8-5-16-10(15)17-9(8)18/h1-5H,(H3,15,16,17,18). The number of aromatic nitrogens is 2. The van der Waals surface area contributed by atoms with Crippen molar-refractivity contribution in [3.05, 3.63) is 46.4 Å². The molecular formula is C11H8F3N3O2. The van der Waals surface area contributed by atoms with Gasteiger partial charge in [-0.15, -0.1) is 0 Å². The Balaban J connectivity index is 2.22. The molecule has 1 aromatic heterocycles. The molecule has 8 heteroatoms. The first kappa shape index (κ1) is 12.9. The van der Waals surface area contributed by atoms with Gasteiger partial charge in [0.1, 0.15) is 5.75 Å². The molecule has 1 aromatic carbocycles. The van der Waals surface area contributed by atoms with Crippen molar-refractivity contribution in [3.8, 4) is 11.5 Å². The monoisotopic (exact) mass is 271 g/mol. The molecule has 0 saturated heterocycles. The van der Waals surface area contributed by atoms with Crippen LogP contribution in [-0.4, -0.2) is 9.97 Å². The fourth-order valence-corrected chi connectivity index (χ4v) is 1.31. The van der Waals surface area contributed by atoms with Crippen LogP contribution in [0.2, 0.25) is 0 Å². The van der Waals surface area contributed by atoms with Gasteiger partial charge in [0, 0.05) is 0 Å². The van der Waals surface area contributed by atoms with Crippen LogP contribution in [0.1, 0.15) is 5.56 Å². The highest BCUT2D eigenvalue weighted by molar-refractivity contribution is 5.33. The van der Waals surface area contributed by atoms with E-state index in [1.807, 2.05) is 0 Å². The van der Waals surface area contributed by atoms with Gasteiger partial charge in [0.25, 0.3) is 5.56 Å². The van der Waals surface area contributed by atoms with Crippen molar-refractivity contribution >= 4 is 5.95 Å². The van der Waals surface area contributed by atoms with E-state index in [9.17, 15) is 18.0 Å². The summed E-state index contributed by atoms with van der Waals surface area (Å²) in [6, 6.07) is 3.93. The third kappa shape index (κ3) is 3.03. The fourth-order valence-electron chi connectivity index (χ4n) is 1.31. The molecular weight excluding hydrogens is 263 g/mol. The third-order valence-electron chi connectivity index (χ3n) is 2.20. The second-order valence-electron chi connectivity index (χ2n) is 3.59. The number of benzene rings is 1. The molecule has 0 aliphatic heterocycles. The summed E-state index contributed by atoms with van der Waals surface area (Å²) in [4.78, 5) is 17.2. The number of alkyl halides is 3. The Kier molecular flexibility index (Phi) is 3.16. The summed E-state index contributed by atoms with van der Waals surface area (Å²) in [5.74, 6) is -0.149. The summed E-state index contributed by atoms with van der Waals surface area (Å²) in [7, 11) is 0. The molecule has 0 fully saturated rings. The van der Waals surface area contributed by atoms with Gasteiger partial charge in [-0.1, -0.05) is 0 Å². The van der Waals surface area contributed by atoms with Crippen molar-refractivity contribution in [3.63, 3.8) is 0 Å². The lowest BCUT2D eigenvalue weighted by molar-refractivity contribution is -0.137. The average molecular weight is 271 g/mol. The second-order valence-corrected chi connectivity index (χ2v) is 3.59. The van der Waals surface area contributed by atoms with E-state index in [1.54, 1.807) is 0 Å². The first-order chi connectivity index (χ1) is 8.86. The zero-order valence-electron chi connectivity index (χ0n) is 9.36. The molecule has 5 nitrogen and oxygen atoms in total. The van der Waals surface area contributed by atoms with Crippen molar-refractivity contribution in [1.29, 1.82) is 0 Å². The van der Waals surface area contributed by atoms with Crippen LogP contribution in [0, 0.1) is 0 Å². The zero-order chi connectivity index (χ0) is 14.0. The minimum Gasteiger partial charge on any atom is -0.450 e. The lowest BCUT2D eigenvalue weighted by Gasteiger charge is -2.08. The van der Waals surface area contributed by atoms with Crippen molar-refractivity contribution in [2.45, 2.75) is 6.18 Å². The van der Waals surface area contributed by atoms with Crippen LogP contribution < -0.4 is 16.0 Å². The Morgan fingerprint density at radius 3 is 2.37 bits per heavy atom. The summed E-state index contributed by atoms with van der Waals surface area (Å²) >= 11 is 0. The van der Waals surface area contributed by atoms with Crippen LogP contribution in [0.5, 0.6) is 11.5 Å². The number of anilines is 1. The van der Waals surface area contributed by atoms with Crippen LogP contribution >= 0.6 is 0 Å². The Morgan fingerprint density at radius 2 is 1.84 bits per heavy atom. The van der Waals surface area contributed by atoms with Crippen LogP contribution in [0.25, 0.3) is 0 Å². The molecule has 0 atom stereocenters. The Labute approximate surface area is 104 Å². The summed E-state index contributed by atoms with van der Waals surface area (Å²) in [6.07, 6.45) is -3.33. The fraction of sp³-hybridized carbons (Fsp3) is 0.0909. The number of nitrogens with two attached hydrogens (primary N) is 1. The Bertz CT molecular complexity index is 635. The lowest BCUT2D eigenvalue weighted by atomic mass is 10.2. The number of halogens is 3. The zero-order valence-corrected chi connectivity index (χ0v) is 9.36. The second kappa shape index (κ2) is 4.63. The number of hydrogen-bond acceptors (Lipinski definition) is 4. The molecule has 0 unspecified atom stereocenters. The average Bonchev–Trinajstić information content (AvgIpc) is 2.32. The minimum absolute atomic E-state index is 0.0789. The van der Waals surface area contributed by atoms with E-state index in [-0.39, 0.29) is 17.4 Å². The van der Waals surface area contributed by atoms with Crippen molar-refractivity contribution in [1.82, 2.24) is 9.97 Å². The number of nitrogens with zero attached hydrogens (tertiary/aromatic N) is 1. The summed E-state index contributed by atoms with van der Waals surface area (Å²) in [6.45, 7) is 0.